The monoisotopic (exact) mass is 407 g/mol. The summed E-state index contributed by atoms with van der Waals surface area (Å²) in [6, 6.07) is 3.32. The van der Waals surface area contributed by atoms with Crippen LogP contribution in [0.2, 0.25) is 0 Å². The van der Waals surface area contributed by atoms with Crippen molar-refractivity contribution in [1.29, 1.82) is 0 Å². The summed E-state index contributed by atoms with van der Waals surface area (Å²) in [7, 11) is 1.72. The Kier molecular flexibility index (Phi) is 4.49. The molecule has 3 N–H and O–H groups in total. The molecule has 0 amide bonds. The van der Waals surface area contributed by atoms with E-state index in [0.29, 0.717) is 33.1 Å². The molecule has 1 aromatic carbocycles. The third-order valence-corrected chi connectivity index (χ3v) is 5.02. The van der Waals surface area contributed by atoms with Gasteiger partial charge in [0.25, 0.3) is 10.9 Å². The number of nitrogens with zero attached hydrogens (tertiary/aromatic N) is 6. The molecule has 4 rings (SSSR count). The standard InChI is InChI=1S/C17H13N9O2S/c1-8-11(18-2)17(29-25-8)24-23-14-12-9(4-6-19-12)13(15(27)16(14)28)22-21-10-5-7-20-26(10)3/h4-7,19,21,24H,1,3H3/b22-13+,23-14-. The molecule has 4 aromatic rings. The van der Waals surface area contributed by atoms with Crippen LogP contribution in [-0.4, -0.2) is 19.1 Å². The fraction of sp³-hybridized carbons (Fsp3) is 0.118. The third-order valence-electron chi connectivity index (χ3n) is 4.19. The lowest BCUT2D eigenvalue weighted by Crippen LogP contribution is -2.48. The molecule has 3 aromatic heterocycles. The number of hydrogen-bond acceptors (Lipinski definition) is 9. The van der Waals surface area contributed by atoms with Crippen LogP contribution in [0.15, 0.2) is 44.3 Å². The maximum absolute atomic E-state index is 12.7. The predicted molar refractivity (Wildman–Crippen MR) is 108 cm³/mol. The minimum atomic E-state index is -0.816. The second-order valence-corrected chi connectivity index (χ2v) is 6.74. The van der Waals surface area contributed by atoms with Crippen molar-refractivity contribution in [2.24, 2.45) is 17.3 Å². The Hall–Kier alpha value is -4.11. The largest absolute Gasteiger partial charge is 0.359 e. The maximum Gasteiger partial charge on any atom is 0.257 e. The van der Waals surface area contributed by atoms with Crippen molar-refractivity contribution >= 4 is 38.9 Å². The summed E-state index contributed by atoms with van der Waals surface area (Å²) in [6.07, 6.45) is 3.17. The lowest BCUT2D eigenvalue weighted by atomic mass is 10.2. The van der Waals surface area contributed by atoms with Gasteiger partial charge in [0.1, 0.15) is 16.2 Å². The van der Waals surface area contributed by atoms with Crippen LogP contribution in [0.5, 0.6) is 0 Å². The van der Waals surface area contributed by atoms with E-state index >= 15 is 0 Å². The maximum atomic E-state index is 12.7. The van der Waals surface area contributed by atoms with E-state index in [9.17, 15) is 9.59 Å². The SMILES string of the molecule is [C-]#[N+]c1c(C)nsc1N/N=c1\c(=O)c(=O)/c(=N/Nc2ccnn2C)c2cc[nH]c12. The Balaban J connectivity index is 1.86. The highest BCUT2D eigenvalue weighted by molar-refractivity contribution is 7.11. The van der Waals surface area contributed by atoms with Crippen LogP contribution < -0.4 is 32.4 Å². The summed E-state index contributed by atoms with van der Waals surface area (Å²) in [6.45, 7) is 8.93. The van der Waals surface area contributed by atoms with Gasteiger partial charge < -0.3 is 4.98 Å². The molecule has 0 aliphatic rings. The van der Waals surface area contributed by atoms with E-state index < -0.39 is 10.9 Å². The van der Waals surface area contributed by atoms with Crippen molar-refractivity contribution in [1.82, 2.24) is 19.1 Å². The van der Waals surface area contributed by atoms with Crippen LogP contribution in [0.1, 0.15) is 5.69 Å². The molecular formula is C17H13N9O2S. The van der Waals surface area contributed by atoms with Crippen LogP contribution in [0, 0.1) is 13.5 Å². The summed E-state index contributed by atoms with van der Waals surface area (Å²) >= 11 is 1.05. The average molecular weight is 407 g/mol. The topological polar surface area (TPSA) is 134 Å². The highest BCUT2D eigenvalue weighted by atomic mass is 32.1. The summed E-state index contributed by atoms with van der Waals surface area (Å²) in [4.78, 5) is 31.6. The molecule has 0 fully saturated rings. The highest BCUT2D eigenvalue weighted by Gasteiger charge is 2.13. The van der Waals surface area contributed by atoms with Gasteiger partial charge in [-0.3, -0.25) is 25.1 Å². The second-order valence-electron chi connectivity index (χ2n) is 5.97. The van der Waals surface area contributed by atoms with E-state index in [1.54, 1.807) is 43.2 Å². The summed E-state index contributed by atoms with van der Waals surface area (Å²) in [5.41, 5.74) is 5.06. The number of hydrogen-bond donors (Lipinski definition) is 3. The average Bonchev–Trinajstić information content (AvgIpc) is 3.43. The molecule has 0 aliphatic heterocycles. The van der Waals surface area contributed by atoms with Gasteiger partial charge in [-0.05, 0) is 24.5 Å². The zero-order valence-electron chi connectivity index (χ0n) is 15.2. The summed E-state index contributed by atoms with van der Waals surface area (Å²) in [5.74, 6) is 0.559. The molecule has 144 valence electrons. The fourth-order valence-corrected chi connectivity index (χ4v) is 3.39. The summed E-state index contributed by atoms with van der Waals surface area (Å²) in [5, 5.41) is 12.9. The van der Waals surface area contributed by atoms with Crippen LogP contribution in [0.25, 0.3) is 15.7 Å². The number of H-pyrrole nitrogens is 1. The first-order valence-corrected chi connectivity index (χ1v) is 9.05. The minimum absolute atomic E-state index is 0.0260. The van der Waals surface area contributed by atoms with Crippen molar-refractivity contribution < 1.29 is 0 Å². The molecule has 0 atom stereocenters. The Labute approximate surface area is 166 Å². The molecule has 11 nitrogen and oxygen atoms in total. The van der Waals surface area contributed by atoms with Gasteiger partial charge in [0, 0.05) is 24.7 Å². The Morgan fingerprint density at radius 2 is 1.97 bits per heavy atom. The first-order valence-electron chi connectivity index (χ1n) is 8.27. The predicted octanol–water partition coefficient (Wildman–Crippen LogP) is 0.669. The summed E-state index contributed by atoms with van der Waals surface area (Å²) < 4.78 is 5.63. The number of fused-ring (bicyclic) bond motifs is 1. The number of aryl methyl sites for hydroxylation is 2. The molecule has 0 unspecified atom stereocenters. The number of benzene rings is 1. The Morgan fingerprint density at radius 1 is 1.21 bits per heavy atom. The molecule has 0 radical (unpaired) electrons. The Morgan fingerprint density at radius 3 is 2.69 bits per heavy atom. The van der Waals surface area contributed by atoms with Gasteiger partial charge in [-0.25, -0.2) is 9.22 Å². The first-order chi connectivity index (χ1) is 14.0. The fourth-order valence-electron chi connectivity index (χ4n) is 2.70. The quantitative estimate of drug-likeness (QED) is 0.259. The van der Waals surface area contributed by atoms with E-state index in [1.165, 1.54) is 0 Å². The van der Waals surface area contributed by atoms with Crippen LogP contribution in [0.4, 0.5) is 16.5 Å². The van der Waals surface area contributed by atoms with E-state index in [1.807, 2.05) is 0 Å². The highest BCUT2D eigenvalue weighted by Crippen LogP contribution is 2.32. The van der Waals surface area contributed by atoms with Crippen molar-refractivity contribution in [3.05, 3.63) is 72.8 Å². The zero-order chi connectivity index (χ0) is 20.5. The van der Waals surface area contributed by atoms with Crippen molar-refractivity contribution in [2.75, 3.05) is 10.9 Å². The molecule has 0 bridgehead atoms. The molecule has 0 spiro atoms. The third kappa shape index (κ3) is 3.09. The zero-order valence-corrected chi connectivity index (χ0v) is 16.0. The van der Waals surface area contributed by atoms with Gasteiger partial charge in [-0.2, -0.15) is 15.3 Å². The molecule has 0 saturated heterocycles. The van der Waals surface area contributed by atoms with Crippen molar-refractivity contribution in [3.63, 3.8) is 0 Å². The molecule has 0 aliphatic carbocycles. The van der Waals surface area contributed by atoms with Gasteiger partial charge in [-0.1, -0.05) is 0 Å². The smallest absolute Gasteiger partial charge is 0.257 e. The lowest BCUT2D eigenvalue weighted by molar-refractivity contribution is 0.770. The van der Waals surface area contributed by atoms with E-state index in [2.05, 4.69) is 40.4 Å². The molecule has 0 saturated carbocycles. The van der Waals surface area contributed by atoms with E-state index in [4.69, 9.17) is 6.57 Å². The Bertz CT molecular complexity index is 1490. The number of anilines is 2. The second kappa shape index (κ2) is 7.13. The van der Waals surface area contributed by atoms with Crippen LogP contribution in [0.3, 0.4) is 0 Å². The van der Waals surface area contributed by atoms with Crippen molar-refractivity contribution in [2.45, 2.75) is 6.92 Å². The lowest BCUT2D eigenvalue weighted by Gasteiger charge is -2.00. The van der Waals surface area contributed by atoms with Gasteiger partial charge >= 0.3 is 0 Å². The van der Waals surface area contributed by atoms with Crippen molar-refractivity contribution in [3.8, 4) is 0 Å². The van der Waals surface area contributed by atoms with Gasteiger partial charge in [0.15, 0.2) is 5.36 Å². The molecule has 29 heavy (non-hydrogen) atoms. The van der Waals surface area contributed by atoms with Crippen LogP contribution >= 0.6 is 11.5 Å². The number of aromatic nitrogens is 4. The van der Waals surface area contributed by atoms with Gasteiger partial charge in [-0.15, -0.1) is 0 Å². The van der Waals surface area contributed by atoms with E-state index in [0.717, 1.165) is 11.5 Å². The van der Waals surface area contributed by atoms with E-state index in [-0.39, 0.29) is 10.7 Å². The first kappa shape index (κ1) is 18.3. The molecular weight excluding hydrogens is 394 g/mol. The minimum Gasteiger partial charge on any atom is -0.359 e. The number of aromatic amines is 1. The molecule has 3 heterocycles. The normalized spacial score (nSPS) is 12.4. The number of rotatable bonds is 4. The van der Waals surface area contributed by atoms with Gasteiger partial charge in [0.05, 0.1) is 24.0 Å². The van der Waals surface area contributed by atoms with Gasteiger partial charge in [0.2, 0.25) is 5.69 Å². The molecule has 12 heteroatoms. The number of nitrogens with one attached hydrogen (secondary N) is 3. The van der Waals surface area contributed by atoms with Crippen LogP contribution in [-0.2, 0) is 7.05 Å².